The first-order valence-electron chi connectivity index (χ1n) is 9.02. The summed E-state index contributed by atoms with van der Waals surface area (Å²) in [4.78, 5) is 24.0. The number of amides is 2. The minimum atomic E-state index is -0.201. The lowest BCUT2D eigenvalue weighted by molar-refractivity contribution is -0.120. The van der Waals surface area contributed by atoms with Gasteiger partial charge in [-0.05, 0) is 17.7 Å². The van der Waals surface area contributed by atoms with Crippen LogP contribution in [0, 0.1) is 0 Å². The number of methoxy groups -OCH3 is 2. The molecule has 150 valence electrons. The van der Waals surface area contributed by atoms with Crippen molar-refractivity contribution in [2.24, 2.45) is 0 Å². The molecule has 2 amide bonds. The number of rotatable bonds is 11. The summed E-state index contributed by atoms with van der Waals surface area (Å²) in [6, 6.07) is 14.6. The predicted molar refractivity (Wildman–Crippen MR) is 107 cm³/mol. The molecule has 0 atom stereocenters. The zero-order valence-corrected chi connectivity index (χ0v) is 16.2. The van der Waals surface area contributed by atoms with Gasteiger partial charge in [0.15, 0.2) is 11.5 Å². The molecule has 0 saturated carbocycles. The second-order valence-electron chi connectivity index (χ2n) is 6.02. The highest BCUT2D eigenvalue weighted by Crippen LogP contribution is 2.30. The topological polar surface area (TPSA) is 85.9 Å². The van der Waals surface area contributed by atoms with E-state index in [0.29, 0.717) is 36.8 Å². The molecular weight excluding hydrogens is 360 g/mol. The fourth-order valence-corrected chi connectivity index (χ4v) is 2.48. The molecule has 0 aromatic heterocycles. The highest BCUT2D eigenvalue weighted by molar-refractivity contribution is 5.91. The molecule has 2 aromatic rings. The fraction of sp³-hybridized carbons (Fsp3) is 0.333. The summed E-state index contributed by atoms with van der Waals surface area (Å²) >= 11 is 0. The Kier molecular flexibility index (Phi) is 8.81. The van der Waals surface area contributed by atoms with Gasteiger partial charge in [-0.15, -0.1) is 0 Å². The van der Waals surface area contributed by atoms with Crippen molar-refractivity contribution in [1.82, 2.24) is 5.32 Å². The number of benzene rings is 2. The van der Waals surface area contributed by atoms with Gasteiger partial charge >= 0.3 is 0 Å². The molecule has 0 radical (unpaired) electrons. The molecule has 0 heterocycles. The smallest absolute Gasteiger partial charge is 0.226 e. The van der Waals surface area contributed by atoms with Crippen molar-refractivity contribution >= 4 is 17.5 Å². The van der Waals surface area contributed by atoms with E-state index in [9.17, 15) is 9.59 Å². The zero-order valence-electron chi connectivity index (χ0n) is 16.2. The molecule has 2 N–H and O–H groups in total. The van der Waals surface area contributed by atoms with E-state index in [0.717, 1.165) is 5.56 Å². The summed E-state index contributed by atoms with van der Waals surface area (Å²) in [7, 11) is 3.14. The average Bonchev–Trinajstić information content (AvgIpc) is 2.69. The molecule has 7 heteroatoms. The minimum Gasteiger partial charge on any atom is -0.493 e. The van der Waals surface area contributed by atoms with Crippen LogP contribution in [0.1, 0.15) is 12.0 Å². The van der Waals surface area contributed by atoms with Crippen LogP contribution >= 0.6 is 0 Å². The fourth-order valence-electron chi connectivity index (χ4n) is 2.48. The minimum absolute atomic E-state index is 0.114. The van der Waals surface area contributed by atoms with E-state index < -0.39 is 0 Å². The molecule has 0 aliphatic heterocycles. The van der Waals surface area contributed by atoms with Gasteiger partial charge in [0.2, 0.25) is 11.8 Å². The van der Waals surface area contributed by atoms with E-state index in [1.54, 1.807) is 32.4 Å². The normalized spacial score (nSPS) is 10.2. The molecule has 0 saturated heterocycles. The van der Waals surface area contributed by atoms with Gasteiger partial charge in [0.25, 0.3) is 0 Å². The van der Waals surface area contributed by atoms with Crippen molar-refractivity contribution < 1.29 is 23.8 Å². The lowest BCUT2D eigenvalue weighted by Crippen LogP contribution is -2.28. The zero-order chi connectivity index (χ0) is 20.2. The first-order valence-corrected chi connectivity index (χ1v) is 9.02. The maximum Gasteiger partial charge on any atom is 0.226 e. The summed E-state index contributed by atoms with van der Waals surface area (Å²) in [6.45, 7) is 1.09. The predicted octanol–water partition coefficient (Wildman–Crippen LogP) is 2.41. The number of carbonyl (C=O) groups excluding carboxylic acids is 2. The number of hydrogen-bond donors (Lipinski definition) is 2. The largest absolute Gasteiger partial charge is 0.493 e. The van der Waals surface area contributed by atoms with Crippen LogP contribution in [-0.4, -0.2) is 45.8 Å². The second kappa shape index (κ2) is 11.6. The van der Waals surface area contributed by atoms with E-state index >= 15 is 0 Å². The number of anilines is 1. The van der Waals surface area contributed by atoms with Crippen LogP contribution in [-0.2, 0) is 20.7 Å². The van der Waals surface area contributed by atoms with Gasteiger partial charge in [0, 0.05) is 31.8 Å². The van der Waals surface area contributed by atoms with E-state index in [4.69, 9.17) is 14.2 Å². The van der Waals surface area contributed by atoms with Crippen molar-refractivity contribution in [3.63, 3.8) is 0 Å². The van der Waals surface area contributed by atoms with Gasteiger partial charge in [0.05, 0.1) is 20.1 Å². The average molecular weight is 386 g/mol. The van der Waals surface area contributed by atoms with Gasteiger partial charge in [0.1, 0.15) is 6.61 Å². The summed E-state index contributed by atoms with van der Waals surface area (Å²) < 4.78 is 15.8. The first-order chi connectivity index (χ1) is 13.6. The Morgan fingerprint density at radius 2 is 1.71 bits per heavy atom. The number of ether oxygens (including phenoxy) is 3. The van der Waals surface area contributed by atoms with Crippen LogP contribution in [0.3, 0.4) is 0 Å². The number of hydrogen-bond acceptors (Lipinski definition) is 5. The highest BCUT2D eigenvalue weighted by atomic mass is 16.5. The Labute approximate surface area is 165 Å². The van der Waals surface area contributed by atoms with E-state index in [1.807, 2.05) is 30.3 Å². The maximum absolute atomic E-state index is 12.1. The third-order valence-corrected chi connectivity index (χ3v) is 3.87. The second-order valence-corrected chi connectivity index (χ2v) is 6.02. The van der Waals surface area contributed by atoms with Gasteiger partial charge in [-0.1, -0.05) is 30.3 Å². The summed E-state index contributed by atoms with van der Waals surface area (Å²) in [5.74, 6) is 0.779. The first kappa shape index (κ1) is 21.2. The Hall–Kier alpha value is -3.06. The molecule has 0 spiro atoms. The molecule has 0 unspecified atom stereocenters. The molecule has 0 aliphatic rings. The molecule has 0 bridgehead atoms. The lowest BCUT2D eigenvalue weighted by atomic mass is 10.1. The highest BCUT2D eigenvalue weighted by Gasteiger charge is 2.09. The third-order valence-electron chi connectivity index (χ3n) is 3.87. The van der Waals surface area contributed by atoms with Crippen molar-refractivity contribution in [2.75, 3.05) is 39.3 Å². The Morgan fingerprint density at radius 1 is 0.929 bits per heavy atom. The standard InChI is InChI=1S/C21H26N2O5/c1-26-12-13-28-19-15-17(8-9-18(19)27-2)23-20(24)10-11-22-21(25)14-16-6-4-3-5-7-16/h3-9,15H,10-14H2,1-2H3,(H,22,25)(H,23,24). The number of carbonyl (C=O) groups is 2. The van der Waals surface area contributed by atoms with Gasteiger partial charge in [-0.2, -0.15) is 0 Å². The third kappa shape index (κ3) is 7.28. The maximum atomic E-state index is 12.1. The van der Waals surface area contributed by atoms with Gasteiger partial charge in [-0.3, -0.25) is 9.59 Å². The SMILES string of the molecule is COCCOc1cc(NC(=O)CCNC(=O)Cc2ccccc2)ccc1OC. The summed E-state index contributed by atoms with van der Waals surface area (Å²) in [5, 5.41) is 5.54. The van der Waals surface area contributed by atoms with Crippen LogP contribution in [0.4, 0.5) is 5.69 Å². The van der Waals surface area contributed by atoms with Crippen LogP contribution in [0.2, 0.25) is 0 Å². The molecular formula is C21H26N2O5. The lowest BCUT2D eigenvalue weighted by Gasteiger charge is -2.13. The van der Waals surface area contributed by atoms with E-state index in [1.165, 1.54) is 0 Å². The van der Waals surface area contributed by atoms with Crippen LogP contribution < -0.4 is 20.1 Å². The Morgan fingerprint density at radius 3 is 2.43 bits per heavy atom. The van der Waals surface area contributed by atoms with E-state index in [-0.39, 0.29) is 24.8 Å². The Balaban J connectivity index is 1.78. The molecule has 7 nitrogen and oxygen atoms in total. The monoisotopic (exact) mass is 386 g/mol. The Bertz CT molecular complexity index is 765. The van der Waals surface area contributed by atoms with Crippen LogP contribution in [0.5, 0.6) is 11.5 Å². The van der Waals surface area contributed by atoms with Gasteiger partial charge < -0.3 is 24.8 Å². The summed E-state index contributed by atoms with van der Waals surface area (Å²) in [6.07, 6.45) is 0.468. The number of nitrogens with one attached hydrogen (secondary N) is 2. The molecule has 2 aromatic carbocycles. The summed E-state index contributed by atoms with van der Waals surface area (Å²) in [5.41, 5.74) is 1.53. The van der Waals surface area contributed by atoms with Crippen molar-refractivity contribution in [3.8, 4) is 11.5 Å². The van der Waals surface area contributed by atoms with Crippen molar-refractivity contribution in [1.29, 1.82) is 0 Å². The molecule has 0 aliphatic carbocycles. The quantitative estimate of drug-likeness (QED) is 0.579. The van der Waals surface area contributed by atoms with Gasteiger partial charge in [-0.25, -0.2) is 0 Å². The van der Waals surface area contributed by atoms with Crippen LogP contribution in [0.25, 0.3) is 0 Å². The van der Waals surface area contributed by atoms with Crippen LogP contribution in [0.15, 0.2) is 48.5 Å². The molecule has 28 heavy (non-hydrogen) atoms. The molecule has 0 fully saturated rings. The molecule has 2 rings (SSSR count). The van der Waals surface area contributed by atoms with Crippen molar-refractivity contribution in [3.05, 3.63) is 54.1 Å². The van der Waals surface area contributed by atoms with E-state index in [2.05, 4.69) is 10.6 Å². The van der Waals surface area contributed by atoms with Crippen molar-refractivity contribution in [2.45, 2.75) is 12.8 Å².